The summed E-state index contributed by atoms with van der Waals surface area (Å²) in [4.78, 5) is 87.5. The lowest BCUT2D eigenvalue weighted by Gasteiger charge is -2.36. The fourth-order valence-corrected chi connectivity index (χ4v) is 9.33. The van der Waals surface area contributed by atoms with Crippen LogP contribution < -0.4 is 5.73 Å². The molecule has 5 rings (SSSR count). The number of fused-ring (bicyclic) bond motifs is 1. The van der Waals surface area contributed by atoms with Crippen molar-refractivity contribution < 1.29 is 58.3 Å². The third-order valence-electron chi connectivity index (χ3n) is 13.7. The molecule has 17 nitrogen and oxygen atoms in total. The number of imidazole rings is 1. The Bertz CT molecular complexity index is 2920. The summed E-state index contributed by atoms with van der Waals surface area (Å²) >= 11 is 0. The number of aromatic nitrogens is 4. The van der Waals surface area contributed by atoms with Gasteiger partial charge in [-0.05, 0) is 81.1 Å². The average molecular weight is 1040 g/mol. The number of ether oxygens (including phenoxy) is 3. The molecule has 0 radical (unpaired) electrons. The molecule has 3 heterocycles. The highest BCUT2D eigenvalue weighted by atomic mass is 16.6. The number of hydrogen-bond donors (Lipinski definition) is 4. The van der Waals surface area contributed by atoms with Gasteiger partial charge in [-0.2, -0.15) is 0 Å². The summed E-state index contributed by atoms with van der Waals surface area (Å²) in [5.41, 5.74) is 12.4. The molecule has 0 spiro atoms. The van der Waals surface area contributed by atoms with E-state index in [0.717, 1.165) is 33.4 Å². The van der Waals surface area contributed by atoms with Crippen LogP contribution in [-0.4, -0.2) is 101 Å². The zero-order valence-corrected chi connectivity index (χ0v) is 45.2. The Morgan fingerprint density at radius 1 is 0.684 bits per heavy atom. The number of allylic oxidation sites excluding steroid dienone is 20. The second-order valence-corrected chi connectivity index (χ2v) is 21.0. The van der Waals surface area contributed by atoms with Gasteiger partial charge in [-0.25, -0.2) is 15.0 Å². The largest absolute Gasteiger partial charge is 0.481 e. The minimum atomic E-state index is -1.32. The van der Waals surface area contributed by atoms with E-state index in [9.17, 15) is 39.0 Å². The lowest BCUT2D eigenvalue weighted by atomic mass is 9.71. The summed E-state index contributed by atoms with van der Waals surface area (Å²) < 4.78 is 18.4. The molecule has 1 saturated heterocycles. The van der Waals surface area contributed by atoms with Gasteiger partial charge in [0, 0.05) is 25.7 Å². The average Bonchev–Trinajstić information content (AvgIpc) is 3.91. The van der Waals surface area contributed by atoms with Crippen LogP contribution in [0.15, 0.2) is 142 Å². The number of nitrogens with two attached hydrogens (primary N) is 1. The Labute approximate surface area is 444 Å². The van der Waals surface area contributed by atoms with E-state index in [4.69, 9.17) is 25.1 Å². The minimum absolute atomic E-state index is 0.0155. The zero-order chi connectivity index (χ0) is 56.1. The minimum Gasteiger partial charge on any atom is -0.481 e. The van der Waals surface area contributed by atoms with Crippen molar-refractivity contribution in [2.75, 3.05) is 5.73 Å². The van der Waals surface area contributed by atoms with Crippen molar-refractivity contribution in [2.45, 2.75) is 157 Å². The Balaban J connectivity index is 1.05. The van der Waals surface area contributed by atoms with Gasteiger partial charge in [0.25, 0.3) is 0 Å². The molecule has 406 valence electrons. The molecular weight excluding hydrogens is 971 g/mol. The summed E-state index contributed by atoms with van der Waals surface area (Å²) in [5, 5.41) is 30.3. The third kappa shape index (κ3) is 16.2. The van der Waals surface area contributed by atoms with Crippen molar-refractivity contribution in [3.05, 3.63) is 142 Å². The summed E-state index contributed by atoms with van der Waals surface area (Å²) in [5.74, 6) is -3.10. The van der Waals surface area contributed by atoms with Crippen molar-refractivity contribution in [1.29, 1.82) is 0 Å². The highest BCUT2D eigenvalue weighted by molar-refractivity contribution is 6.02. The van der Waals surface area contributed by atoms with Crippen molar-refractivity contribution in [2.24, 2.45) is 10.8 Å². The van der Waals surface area contributed by atoms with Crippen molar-refractivity contribution in [3.63, 3.8) is 0 Å². The molecule has 5 N–H and O–H groups in total. The number of aliphatic hydroxyl groups is 2. The Kier molecular flexibility index (Phi) is 20.8. The number of esters is 2. The van der Waals surface area contributed by atoms with Crippen molar-refractivity contribution in [3.8, 4) is 0 Å². The molecule has 6 atom stereocenters. The van der Waals surface area contributed by atoms with Crippen LogP contribution in [0.25, 0.3) is 11.2 Å². The normalized spacial score (nSPS) is 23.9. The standard InChI is InChI=1S/C59H73N5O12/c1-35(15-11-12-16-36(2)18-14-20-38(4)22-26-43-40(6)52(71)46(32-59(43,9)10)75-49(69)30-28-47(66)67)17-13-19-37(3)21-25-42-39(5)51(70)45(31-58(42,7)8)74-48(68)29-24-41(65)23-27-44-53(72)54(73)57(76-44)64-34-63-50-55(60)61-33-62-56(50)64/h11-22,25-26,33-34,44-46,53-54,57,72-73H,23-24,27-32H2,1-10H3,(H,66,67)(H2,60,61,62). The van der Waals surface area contributed by atoms with Gasteiger partial charge in [0.15, 0.2) is 41.5 Å². The first-order valence-corrected chi connectivity index (χ1v) is 25.5. The zero-order valence-electron chi connectivity index (χ0n) is 45.2. The summed E-state index contributed by atoms with van der Waals surface area (Å²) in [6.07, 6.45) is 23.5. The second-order valence-electron chi connectivity index (χ2n) is 21.0. The van der Waals surface area contributed by atoms with Gasteiger partial charge in [-0.15, -0.1) is 0 Å². The molecule has 2 aliphatic carbocycles. The number of carboxylic acids is 1. The molecule has 0 amide bonds. The van der Waals surface area contributed by atoms with E-state index in [2.05, 4.69) is 15.0 Å². The number of Topliss-reactive ketones (excluding diaryl/α,β-unsaturated/α-hetero) is 3. The number of nitrogen functional groups attached to an aromatic ring is 1. The Morgan fingerprint density at radius 3 is 1.66 bits per heavy atom. The topological polar surface area (TPSA) is 260 Å². The monoisotopic (exact) mass is 1040 g/mol. The van der Waals surface area contributed by atoms with Crippen LogP contribution in [0.4, 0.5) is 5.82 Å². The molecule has 0 saturated carbocycles. The van der Waals surface area contributed by atoms with Crippen molar-refractivity contribution in [1.82, 2.24) is 19.5 Å². The van der Waals surface area contributed by atoms with Crippen LogP contribution in [0.5, 0.6) is 0 Å². The fourth-order valence-electron chi connectivity index (χ4n) is 9.33. The molecule has 17 heteroatoms. The lowest BCUT2D eigenvalue weighted by molar-refractivity contribution is -0.157. The van der Waals surface area contributed by atoms with Crippen LogP contribution in [0, 0.1) is 10.8 Å². The summed E-state index contributed by atoms with van der Waals surface area (Å²) in [6.45, 7) is 19.4. The number of carbonyl (C=O) groups excluding carboxylic acids is 5. The molecule has 0 aromatic carbocycles. The molecule has 1 fully saturated rings. The quantitative estimate of drug-likeness (QED) is 0.0633. The predicted octanol–water partition coefficient (Wildman–Crippen LogP) is 9.04. The number of aliphatic carboxylic acids is 1. The van der Waals surface area contributed by atoms with Crippen molar-refractivity contribution >= 4 is 52.2 Å². The Morgan fingerprint density at radius 2 is 1.16 bits per heavy atom. The maximum atomic E-state index is 13.5. The maximum absolute atomic E-state index is 13.5. The van der Waals surface area contributed by atoms with E-state index in [0.29, 0.717) is 28.7 Å². The lowest BCUT2D eigenvalue weighted by Crippen LogP contribution is -2.39. The molecule has 2 aromatic rings. The number of nitrogens with zero attached hydrogens (tertiary/aromatic N) is 4. The molecule has 76 heavy (non-hydrogen) atoms. The molecule has 2 aromatic heterocycles. The SMILES string of the molecule is CC(C=CC=C(C)C=CC1=C(C)C(=O)C(OC(=O)CCC(=O)O)CC1(C)C)=CC=CC=C(C)C=CC=C(C)C=CC1=C(C)C(=O)C(OC(=O)CCC(=O)CCC2OC(n3cnc4c(N)ncnc43)C(O)C2O)CC1(C)C. The van der Waals surface area contributed by atoms with Crippen LogP contribution >= 0.6 is 0 Å². The van der Waals surface area contributed by atoms with E-state index in [1.54, 1.807) is 13.8 Å². The van der Waals surface area contributed by atoms with Gasteiger partial charge in [0.1, 0.15) is 29.8 Å². The third-order valence-corrected chi connectivity index (χ3v) is 13.7. The van der Waals surface area contributed by atoms with Crippen LogP contribution in [0.2, 0.25) is 0 Å². The number of rotatable bonds is 22. The fraction of sp³-hybridized carbons (Fsp3) is 0.441. The smallest absolute Gasteiger partial charge is 0.307 e. The predicted molar refractivity (Wildman–Crippen MR) is 289 cm³/mol. The molecular formula is C59H73N5O12. The summed E-state index contributed by atoms with van der Waals surface area (Å²) in [7, 11) is 0. The number of aliphatic hydroxyl groups excluding tert-OH is 2. The number of carbonyl (C=O) groups is 6. The first kappa shape index (κ1) is 59.7. The maximum Gasteiger partial charge on any atom is 0.307 e. The Hall–Kier alpha value is -7.21. The van der Waals surface area contributed by atoms with E-state index in [1.165, 1.54) is 17.2 Å². The molecule has 0 bridgehead atoms. The molecule has 6 unspecified atom stereocenters. The number of anilines is 1. The number of carboxylic acid groups (broad SMARTS) is 1. The summed E-state index contributed by atoms with van der Waals surface area (Å²) in [6, 6.07) is 0. The van der Waals surface area contributed by atoms with Crippen LogP contribution in [0.3, 0.4) is 0 Å². The highest BCUT2D eigenvalue weighted by Gasteiger charge is 2.45. The second kappa shape index (κ2) is 26.5. The van der Waals surface area contributed by atoms with Gasteiger partial charge in [-0.3, -0.25) is 33.3 Å². The van der Waals surface area contributed by atoms with Gasteiger partial charge >= 0.3 is 17.9 Å². The van der Waals surface area contributed by atoms with E-state index < -0.39 is 65.5 Å². The van der Waals surface area contributed by atoms with Gasteiger partial charge in [0.2, 0.25) is 0 Å². The molecule has 1 aliphatic heterocycles. The van der Waals surface area contributed by atoms with Crippen LogP contribution in [0.1, 0.15) is 127 Å². The highest BCUT2D eigenvalue weighted by Crippen LogP contribution is 2.42. The first-order valence-electron chi connectivity index (χ1n) is 25.5. The van der Waals surface area contributed by atoms with E-state index >= 15 is 0 Å². The molecule has 3 aliphatic rings. The first-order chi connectivity index (χ1) is 35.8. The van der Waals surface area contributed by atoms with E-state index in [-0.39, 0.29) is 68.1 Å². The number of hydrogen-bond acceptors (Lipinski definition) is 15. The van der Waals surface area contributed by atoms with Crippen LogP contribution in [-0.2, 0) is 43.0 Å². The van der Waals surface area contributed by atoms with Gasteiger partial charge in [-0.1, -0.05) is 135 Å². The number of ketones is 3. The van der Waals surface area contributed by atoms with Gasteiger partial charge < -0.3 is 35.3 Å². The van der Waals surface area contributed by atoms with E-state index in [1.807, 2.05) is 140 Å². The van der Waals surface area contributed by atoms with Gasteiger partial charge in [0.05, 0.1) is 31.7 Å².